The van der Waals surface area contributed by atoms with Crippen LogP contribution in [0.1, 0.15) is 30.9 Å². The van der Waals surface area contributed by atoms with E-state index in [0.717, 1.165) is 22.7 Å². The summed E-state index contributed by atoms with van der Waals surface area (Å²) in [6, 6.07) is 11.7. The zero-order chi connectivity index (χ0) is 19.9. The first-order chi connectivity index (χ1) is 13.4. The lowest BCUT2D eigenvalue weighted by molar-refractivity contribution is -0.124. The van der Waals surface area contributed by atoms with E-state index in [1.165, 1.54) is 11.3 Å². The Morgan fingerprint density at radius 3 is 2.68 bits per heavy atom. The van der Waals surface area contributed by atoms with Gasteiger partial charge in [0.2, 0.25) is 16.9 Å². The van der Waals surface area contributed by atoms with Crippen LogP contribution in [0.2, 0.25) is 0 Å². The van der Waals surface area contributed by atoms with Gasteiger partial charge in [-0.25, -0.2) is 0 Å². The van der Waals surface area contributed by atoms with Gasteiger partial charge >= 0.3 is 0 Å². The number of hydrogen-bond acceptors (Lipinski definition) is 7. The van der Waals surface area contributed by atoms with E-state index in [4.69, 9.17) is 4.74 Å². The molecular weight excluding hydrogens is 374 g/mol. The summed E-state index contributed by atoms with van der Waals surface area (Å²) in [5, 5.41) is 11.1. The molecular formula is C20H21N5O2S. The van der Waals surface area contributed by atoms with Crippen molar-refractivity contribution in [1.82, 2.24) is 15.2 Å². The van der Waals surface area contributed by atoms with E-state index in [2.05, 4.69) is 20.5 Å². The first kappa shape index (κ1) is 18.4. The maximum Gasteiger partial charge on any atom is 0.232 e. The molecule has 4 rings (SSSR count). The van der Waals surface area contributed by atoms with E-state index in [-0.39, 0.29) is 11.8 Å². The summed E-state index contributed by atoms with van der Waals surface area (Å²) in [7, 11) is 3.87. The highest BCUT2D eigenvalue weighted by Crippen LogP contribution is 2.51. The number of nitrogens with zero attached hydrogens (tertiary/aromatic N) is 4. The largest absolute Gasteiger partial charge is 0.438 e. The number of para-hydroxylation sites is 1. The average Bonchev–Trinajstić information content (AvgIpc) is 3.18. The Kier molecular flexibility index (Phi) is 4.50. The van der Waals surface area contributed by atoms with Gasteiger partial charge in [-0.1, -0.05) is 43.4 Å². The standard InChI is InChI=1S/C20H21N5O2S/c1-20(2,18(26)23-19-24-21-11-28-19)16-12-7-5-6-8-14(12)27-17-13(16)9-10-15(22-17)25(3)4/h5-11,16H,1-4H3,(H,23,24,26)/t16-/m0/s1. The quantitative estimate of drug-likeness (QED) is 0.722. The smallest absolute Gasteiger partial charge is 0.232 e. The Balaban J connectivity index is 1.80. The minimum Gasteiger partial charge on any atom is -0.438 e. The van der Waals surface area contributed by atoms with Gasteiger partial charge in [-0.2, -0.15) is 4.98 Å². The Labute approximate surface area is 167 Å². The predicted octanol–water partition coefficient (Wildman–Crippen LogP) is 3.90. The number of carbonyl (C=O) groups is 1. The van der Waals surface area contributed by atoms with Crippen LogP contribution in [0.25, 0.3) is 0 Å². The number of pyridine rings is 1. The SMILES string of the molecule is CN(C)c1ccc2c(n1)Oc1ccccc1[C@@H]2C(C)(C)C(=O)Nc1nncs1. The molecule has 2 aromatic heterocycles. The maximum absolute atomic E-state index is 13.2. The highest BCUT2D eigenvalue weighted by atomic mass is 32.1. The molecule has 1 aliphatic rings. The lowest BCUT2D eigenvalue weighted by atomic mass is 9.70. The molecule has 0 saturated carbocycles. The number of hydrogen-bond donors (Lipinski definition) is 1. The van der Waals surface area contributed by atoms with Crippen LogP contribution in [-0.2, 0) is 4.79 Å². The summed E-state index contributed by atoms with van der Waals surface area (Å²) in [4.78, 5) is 19.8. The molecule has 0 radical (unpaired) electrons. The number of carbonyl (C=O) groups excluding carboxylic acids is 1. The molecule has 1 atom stereocenters. The third kappa shape index (κ3) is 3.09. The van der Waals surface area contributed by atoms with Gasteiger partial charge in [-0.15, -0.1) is 10.2 Å². The second-order valence-electron chi connectivity index (χ2n) is 7.45. The van der Waals surface area contributed by atoms with Gasteiger partial charge in [-0.3, -0.25) is 4.79 Å². The molecule has 0 saturated heterocycles. The van der Waals surface area contributed by atoms with Crippen molar-refractivity contribution in [1.29, 1.82) is 0 Å². The van der Waals surface area contributed by atoms with Crippen molar-refractivity contribution < 1.29 is 9.53 Å². The van der Waals surface area contributed by atoms with Crippen LogP contribution in [0.15, 0.2) is 41.9 Å². The number of benzene rings is 1. The molecule has 0 spiro atoms. The molecule has 1 aromatic carbocycles. The highest BCUT2D eigenvalue weighted by molar-refractivity contribution is 7.13. The summed E-state index contributed by atoms with van der Waals surface area (Å²) in [5.74, 6) is 1.71. The van der Waals surface area contributed by atoms with Gasteiger partial charge < -0.3 is 15.0 Å². The van der Waals surface area contributed by atoms with Crippen LogP contribution >= 0.6 is 11.3 Å². The van der Waals surface area contributed by atoms with E-state index in [0.29, 0.717) is 11.0 Å². The van der Waals surface area contributed by atoms with Gasteiger partial charge in [0.1, 0.15) is 17.1 Å². The summed E-state index contributed by atoms with van der Waals surface area (Å²) >= 11 is 1.29. The van der Waals surface area contributed by atoms with E-state index in [9.17, 15) is 4.79 Å². The first-order valence-corrected chi connectivity index (χ1v) is 9.78. The number of nitrogens with one attached hydrogen (secondary N) is 1. The zero-order valence-electron chi connectivity index (χ0n) is 16.1. The van der Waals surface area contributed by atoms with E-state index >= 15 is 0 Å². The number of anilines is 2. The monoisotopic (exact) mass is 395 g/mol. The van der Waals surface area contributed by atoms with Gasteiger partial charge in [0.05, 0.1) is 5.41 Å². The molecule has 8 heteroatoms. The van der Waals surface area contributed by atoms with Crippen LogP contribution in [0, 0.1) is 5.41 Å². The van der Waals surface area contributed by atoms with Crippen LogP contribution in [0.5, 0.6) is 11.6 Å². The fourth-order valence-electron chi connectivity index (χ4n) is 3.47. The number of fused-ring (bicyclic) bond motifs is 2. The topological polar surface area (TPSA) is 80.2 Å². The molecule has 0 bridgehead atoms. The molecule has 1 aliphatic heterocycles. The Morgan fingerprint density at radius 2 is 1.96 bits per heavy atom. The normalized spacial score (nSPS) is 15.2. The second-order valence-corrected chi connectivity index (χ2v) is 8.28. The molecule has 1 amide bonds. The molecule has 0 unspecified atom stereocenters. The number of amides is 1. The lowest BCUT2D eigenvalue weighted by Crippen LogP contribution is -2.38. The molecule has 3 heterocycles. The van der Waals surface area contributed by atoms with Crippen molar-refractivity contribution in [2.24, 2.45) is 5.41 Å². The van der Waals surface area contributed by atoms with E-state index < -0.39 is 5.41 Å². The van der Waals surface area contributed by atoms with E-state index in [1.54, 1.807) is 5.51 Å². The first-order valence-electron chi connectivity index (χ1n) is 8.90. The van der Waals surface area contributed by atoms with E-state index in [1.807, 2.05) is 69.2 Å². The number of rotatable bonds is 4. The van der Waals surface area contributed by atoms with Crippen molar-refractivity contribution >= 4 is 28.2 Å². The predicted molar refractivity (Wildman–Crippen MR) is 109 cm³/mol. The second kappa shape index (κ2) is 6.87. The Morgan fingerprint density at radius 1 is 1.18 bits per heavy atom. The fraction of sp³-hybridized carbons (Fsp3) is 0.300. The Bertz CT molecular complexity index is 1020. The van der Waals surface area contributed by atoms with Crippen LogP contribution < -0.4 is 15.0 Å². The van der Waals surface area contributed by atoms with Gasteiger partial charge in [0.15, 0.2) is 0 Å². The van der Waals surface area contributed by atoms with Crippen LogP contribution in [0.3, 0.4) is 0 Å². The van der Waals surface area contributed by atoms with Crippen molar-refractivity contribution in [3.63, 3.8) is 0 Å². The summed E-state index contributed by atoms with van der Waals surface area (Å²) in [5.41, 5.74) is 2.67. The van der Waals surface area contributed by atoms with Crippen LogP contribution in [0.4, 0.5) is 10.9 Å². The van der Waals surface area contributed by atoms with Crippen molar-refractivity contribution in [3.05, 3.63) is 53.0 Å². The number of aromatic nitrogens is 3. The minimum atomic E-state index is -0.776. The van der Waals surface area contributed by atoms with Crippen molar-refractivity contribution in [2.45, 2.75) is 19.8 Å². The molecule has 28 heavy (non-hydrogen) atoms. The summed E-state index contributed by atoms with van der Waals surface area (Å²) in [6.07, 6.45) is 0. The molecule has 0 aliphatic carbocycles. The fourth-order valence-corrected chi connectivity index (χ4v) is 3.91. The summed E-state index contributed by atoms with van der Waals surface area (Å²) < 4.78 is 6.09. The van der Waals surface area contributed by atoms with Crippen LogP contribution in [-0.4, -0.2) is 35.2 Å². The van der Waals surface area contributed by atoms with Crippen molar-refractivity contribution in [3.8, 4) is 11.6 Å². The maximum atomic E-state index is 13.2. The van der Waals surface area contributed by atoms with Crippen molar-refractivity contribution in [2.75, 3.05) is 24.3 Å². The third-order valence-corrected chi connectivity index (χ3v) is 5.57. The summed E-state index contributed by atoms with van der Waals surface area (Å²) in [6.45, 7) is 3.86. The third-order valence-electron chi connectivity index (χ3n) is 4.97. The molecule has 3 aromatic rings. The zero-order valence-corrected chi connectivity index (χ0v) is 16.9. The van der Waals surface area contributed by atoms with Gasteiger partial charge in [0, 0.05) is 31.1 Å². The number of ether oxygens (including phenoxy) is 1. The molecule has 144 valence electrons. The molecule has 0 fully saturated rings. The average molecular weight is 395 g/mol. The molecule has 1 N–H and O–H groups in total. The van der Waals surface area contributed by atoms with Gasteiger partial charge in [0.25, 0.3) is 0 Å². The minimum absolute atomic E-state index is 0.131. The lowest BCUT2D eigenvalue weighted by Gasteiger charge is -2.37. The van der Waals surface area contributed by atoms with Gasteiger partial charge in [-0.05, 0) is 18.2 Å². The molecule has 7 nitrogen and oxygen atoms in total. The Hall–Kier alpha value is -3.00. The highest BCUT2D eigenvalue weighted by Gasteiger charge is 2.44.